The summed E-state index contributed by atoms with van der Waals surface area (Å²) in [5.41, 5.74) is 0.951. The van der Waals surface area contributed by atoms with Gasteiger partial charge in [-0.1, -0.05) is 17.8 Å². The molecule has 0 spiro atoms. The highest BCUT2D eigenvalue weighted by molar-refractivity contribution is 8.00. The van der Waals surface area contributed by atoms with Gasteiger partial charge < -0.3 is 9.73 Å². The van der Waals surface area contributed by atoms with Crippen LogP contribution in [0.4, 0.5) is 14.5 Å². The molecule has 1 aromatic heterocycles. The number of benzene rings is 2. The van der Waals surface area contributed by atoms with E-state index in [0.717, 1.165) is 11.8 Å². The van der Waals surface area contributed by atoms with Gasteiger partial charge in [0.25, 0.3) is 5.22 Å². The molecule has 8 heteroatoms. The monoisotopic (exact) mass is 361 g/mol. The number of nitrogens with one attached hydrogen (secondary N) is 1. The summed E-state index contributed by atoms with van der Waals surface area (Å²) in [4.78, 5) is 12.2. The van der Waals surface area contributed by atoms with E-state index in [1.54, 1.807) is 13.0 Å². The van der Waals surface area contributed by atoms with E-state index in [2.05, 4.69) is 15.5 Å². The predicted molar refractivity (Wildman–Crippen MR) is 90.0 cm³/mol. The van der Waals surface area contributed by atoms with Gasteiger partial charge in [-0.25, -0.2) is 8.78 Å². The van der Waals surface area contributed by atoms with Crippen LogP contribution in [0.15, 0.2) is 58.2 Å². The third-order valence-corrected chi connectivity index (χ3v) is 4.17. The van der Waals surface area contributed by atoms with E-state index in [1.165, 1.54) is 42.5 Å². The van der Waals surface area contributed by atoms with Crippen LogP contribution in [0.5, 0.6) is 0 Å². The zero-order valence-electron chi connectivity index (χ0n) is 13.1. The zero-order chi connectivity index (χ0) is 17.8. The number of carbonyl (C=O) groups is 1. The topological polar surface area (TPSA) is 68.0 Å². The molecule has 0 radical (unpaired) electrons. The number of hydrogen-bond acceptors (Lipinski definition) is 5. The second-order valence-corrected chi connectivity index (χ2v) is 6.43. The fraction of sp³-hybridized carbons (Fsp3) is 0.118. The van der Waals surface area contributed by atoms with Gasteiger partial charge in [0.2, 0.25) is 11.8 Å². The minimum Gasteiger partial charge on any atom is -0.411 e. The molecule has 5 nitrogen and oxygen atoms in total. The molecule has 1 N–H and O–H groups in total. The number of nitrogens with zero attached hydrogens (tertiary/aromatic N) is 2. The Morgan fingerprint density at radius 3 is 2.60 bits per heavy atom. The summed E-state index contributed by atoms with van der Waals surface area (Å²) in [6.07, 6.45) is 0. The largest absolute Gasteiger partial charge is 0.411 e. The molecule has 0 aliphatic carbocycles. The number of rotatable bonds is 5. The van der Waals surface area contributed by atoms with Crippen LogP contribution in [0, 0.1) is 11.6 Å². The number of carbonyl (C=O) groups excluding carboxylic acids is 1. The number of thioether (sulfide) groups is 1. The summed E-state index contributed by atoms with van der Waals surface area (Å²) in [5, 5.41) is 10.0. The fourth-order valence-corrected chi connectivity index (χ4v) is 2.66. The Bertz CT molecular complexity index is 884. The first kappa shape index (κ1) is 17.1. The first-order valence-corrected chi connectivity index (χ1v) is 8.22. The van der Waals surface area contributed by atoms with Crippen molar-refractivity contribution < 1.29 is 18.0 Å². The first-order valence-electron chi connectivity index (χ1n) is 7.34. The SMILES string of the molecule is C[C@@H](Sc1nnc(-c2ccc(F)cc2)o1)C(=O)Nc1cccc(F)c1. The molecule has 0 bridgehead atoms. The molecule has 1 heterocycles. The summed E-state index contributed by atoms with van der Waals surface area (Å²) in [6, 6.07) is 11.3. The van der Waals surface area contributed by atoms with Gasteiger partial charge in [0.05, 0.1) is 5.25 Å². The lowest BCUT2D eigenvalue weighted by Crippen LogP contribution is -2.22. The van der Waals surface area contributed by atoms with Crippen molar-refractivity contribution in [1.29, 1.82) is 0 Å². The van der Waals surface area contributed by atoms with Crippen molar-refractivity contribution in [3.05, 3.63) is 60.2 Å². The van der Waals surface area contributed by atoms with E-state index < -0.39 is 11.1 Å². The fourth-order valence-electron chi connectivity index (χ4n) is 1.98. The molecule has 0 unspecified atom stereocenters. The molecule has 0 saturated heterocycles. The maximum Gasteiger partial charge on any atom is 0.277 e. The van der Waals surface area contributed by atoms with Gasteiger partial charge in [0.15, 0.2) is 0 Å². The normalized spacial score (nSPS) is 12.0. The number of hydrogen-bond donors (Lipinski definition) is 1. The third-order valence-electron chi connectivity index (χ3n) is 3.24. The Kier molecular flexibility index (Phi) is 5.08. The molecule has 0 aliphatic heterocycles. The van der Waals surface area contributed by atoms with Gasteiger partial charge in [-0.15, -0.1) is 10.2 Å². The van der Waals surface area contributed by atoms with Crippen molar-refractivity contribution in [1.82, 2.24) is 10.2 Å². The number of halogens is 2. The van der Waals surface area contributed by atoms with E-state index >= 15 is 0 Å². The summed E-state index contributed by atoms with van der Waals surface area (Å²) >= 11 is 1.07. The van der Waals surface area contributed by atoms with Gasteiger partial charge in [0, 0.05) is 11.3 Å². The molecular weight excluding hydrogens is 348 g/mol. The van der Waals surface area contributed by atoms with Gasteiger partial charge in [0.1, 0.15) is 11.6 Å². The van der Waals surface area contributed by atoms with E-state index in [-0.39, 0.29) is 22.8 Å². The highest BCUT2D eigenvalue weighted by Crippen LogP contribution is 2.26. The Morgan fingerprint density at radius 2 is 1.88 bits per heavy atom. The molecular formula is C17H13F2N3O2S. The van der Waals surface area contributed by atoms with Crippen LogP contribution in [0.25, 0.3) is 11.5 Å². The van der Waals surface area contributed by atoms with Gasteiger partial charge in [-0.05, 0) is 49.4 Å². The maximum absolute atomic E-state index is 13.1. The lowest BCUT2D eigenvalue weighted by atomic mass is 10.2. The van der Waals surface area contributed by atoms with Crippen LogP contribution in [-0.4, -0.2) is 21.4 Å². The van der Waals surface area contributed by atoms with E-state index in [1.807, 2.05) is 0 Å². The molecule has 1 amide bonds. The van der Waals surface area contributed by atoms with Crippen molar-refractivity contribution in [2.24, 2.45) is 0 Å². The first-order chi connectivity index (χ1) is 12.0. The Balaban J connectivity index is 1.63. The second-order valence-electron chi connectivity index (χ2n) is 5.14. The van der Waals surface area contributed by atoms with E-state index in [0.29, 0.717) is 11.3 Å². The lowest BCUT2D eigenvalue weighted by molar-refractivity contribution is -0.115. The van der Waals surface area contributed by atoms with Gasteiger partial charge in [-0.3, -0.25) is 4.79 Å². The molecule has 25 heavy (non-hydrogen) atoms. The van der Waals surface area contributed by atoms with E-state index in [4.69, 9.17) is 4.42 Å². The summed E-state index contributed by atoms with van der Waals surface area (Å²) in [6.45, 7) is 1.67. The van der Waals surface area contributed by atoms with Crippen molar-refractivity contribution in [3.8, 4) is 11.5 Å². The number of anilines is 1. The standard InChI is InChI=1S/C17H13F2N3O2S/c1-10(15(23)20-14-4-2-3-13(19)9-14)25-17-22-21-16(24-17)11-5-7-12(18)8-6-11/h2-10H,1H3,(H,20,23)/t10-/m1/s1. The molecule has 1 atom stereocenters. The molecule has 2 aromatic carbocycles. The van der Waals surface area contributed by atoms with Crippen LogP contribution in [-0.2, 0) is 4.79 Å². The summed E-state index contributed by atoms with van der Waals surface area (Å²) in [7, 11) is 0. The predicted octanol–water partition coefficient (Wildman–Crippen LogP) is 4.13. The van der Waals surface area contributed by atoms with Crippen molar-refractivity contribution in [2.75, 3.05) is 5.32 Å². The summed E-state index contributed by atoms with van der Waals surface area (Å²) < 4.78 is 31.6. The zero-order valence-corrected chi connectivity index (χ0v) is 13.9. The van der Waals surface area contributed by atoms with Crippen molar-refractivity contribution >= 4 is 23.4 Å². The Hall–Kier alpha value is -2.74. The highest BCUT2D eigenvalue weighted by atomic mass is 32.2. The van der Waals surface area contributed by atoms with Crippen molar-refractivity contribution in [2.45, 2.75) is 17.4 Å². The van der Waals surface area contributed by atoms with Crippen LogP contribution in [0.2, 0.25) is 0 Å². The molecule has 0 aliphatic rings. The molecule has 128 valence electrons. The van der Waals surface area contributed by atoms with Crippen molar-refractivity contribution in [3.63, 3.8) is 0 Å². The van der Waals surface area contributed by atoms with Crippen LogP contribution < -0.4 is 5.32 Å². The van der Waals surface area contributed by atoms with Crippen LogP contribution in [0.1, 0.15) is 6.92 Å². The number of aromatic nitrogens is 2. The Labute approximate surface area is 146 Å². The van der Waals surface area contributed by atoms with E-state index in [9.17, 15) is 13.6 Å². The summed E-state index contributed by atoms with van der Waals surface area (Å²) in [5.74, 6) is -0.878. The van der Waals surface area contributed by atoms with Crippen LogP contribution >= 0.6 is 11.8 Å². The molecule has 3 aromatic rings. The smallest absolute Gasteiger partial charge is 0.277 e. The second kappa shape index (κ2) is 7.43. The van der Waals surface area contributed by atoms with Crippen LogP contribution in [0.3, 0.4) is 0 Å². The maximum atomic E-state index is 13.1. The molecule has 0 saturated carbocycles. The molecule has 3 rings (SSSR count). The number of amides is 1. The third kappa shape index (κ3) is 4.42. The molecule has 0 fully saturated rings. The van der Waals surface area contributed by atoms with Gasteiger partial charge >= 0.3 is 0 Å². The average molecular weight is 361 g/mol. The lowest BCUT2D eigenvalue weighted by Gasteiger charge is -2.09. The minimum atomic E-state index is -0.537. The van der Waals surface area contributed by atoms with Gasteiger partial charge in [-0.2, -0.15) is 0 Å². The quantitative estimate of drug-likeness (QED) is 0.692. The average Bonchev–Trinajstić information content (AvgIpc) is 3.04. The minimum absolute atomic E-state index is 0.209. The Morgan fingerprint density at radius 1 is 1.12 bits per heavy atom. The highest BCUT2D eigenvalue weighted by Gasteiger charge is 2.19.